The molecule has 7 nitrogen and oxygen atoms in total. The average molecular weight is 347 g/mol. The lowest BCUT2D eigenvalue weighted by atomic mass is 10.3. The highest BCUT2D eigenvalue weighted by atomic mass is 19.4. The molecule has 1 aromatic heterocycles. The maximum absolute atomic E-state index is 12.7. The number of morpholine rings is 1. The van der Waals surface area contributed by atoms with Gasteiger partial charge in [0.2, 0.25) is 0 Å². The fraction of sp³-hybridized carbons (Fsp3) is 0.643. The number of ether oxygens (including phenoxy) is 1. The molecule has 2 rings (SSSR count). The highest BCUT2D eigenvalue weighted by Crippen LogP contribution is 2.27. The summed E-state index contributed by atoms with van der Waals surface area (Å²) in [4.78, 5) is 19.1. The Labute approximate surface area is 137 Å². The third-order valence-corrected chi connectivity index (χ3v) is 3.32. The van der Waals surface area contributed by atoms with Crippen molar-refractivity contribution in [3.63, 3.8) is 0 Å². The molecule has 1 atom stereocenters. The molecule has 24 heavy (non-hydrogen) atoms. The van der Waals surface area contributed by atoms with E-state index in [0.29, 0.717) is 19.7 Å². The fourth-order valence-corrected chi connectivity index (χ4v) is 2.19. The fourth-order valence-electron chi connectivity index (χ4n) is 2.19. The van der Waals surface area contributed by atoms with E-state index in [0.717, 1.165) is 12.6 Å². The first-order chi connectivity index (χ1) is 11.3. The molecule has 0 radical (unpaired) electrons. The summed E-state index contributed by atoms with van der Waals surface area (Å²) in [6.07, 6.45) is -4.49. The number of urea groups is 1. The van der Waals surface area contributed by atoms with Gasteiger partial charge in [0.1, 0.15) is 11.5 Å². The van der Waals surface area contributed by atoms with Gasteiger partial charge in [0, 0.05) is 38.3 Å². The lowest BCUT2D eigenvalue weighted by Gasteiger charge is -2.23. The third-order valence-electron chi connectivity index (χ3n) is 3.32. The van der Waals surface area contributed by atoms with Crippen LogP contribution in [0.3, 0.4) is 0 Å². The van der Waals surface area contributed by atoms with E-state index in [1.165, 1.54) is 6.92 Å². The van der Waals surface area contributed by atoms with Crippen molar-refractivity contribution in [2.45, 2.75) is 25.6 Å². The quantitative estimate of drug-likeness (QED) is 0.727. The topological polar surface area (TPSA) is 88.2 Å². The first-order valence-corrected chi connectivity index (χ1v) is 7.60. The Morgan fingerprint density at radius 2 is 2.21 bits per heavy atom. The van der Waals surface area contributed by atoms with Gasteiger partial charge in [0.15, 0.2) is 0 Å². The summed E-state index contributed by atoms with van der Waals surface area (Å²) in [5.41, 5.74) is -0.741. The van der Waals surface area contributed by atoms with Crippen LogP contribution >= 0.6 is 0 Å². The van der Waals surface area contributed by atoms with Gasteiger partial charge in [-0.1, -0.05) is 0 Å². The van der Waals surface area contributed by atoms with Crippen LogP contribution in [-0.2, 0) is 17.3 Å². The SMILES string of the molecule is Cc1cc(C(F)(F)F)nc(CCNC(=O)NC[C@@H]2CNCCO2)n1. The lowest BCUT2D eigenvalue weighted by Crippen LogP contribution is -2.47. The molecule has 0 bridgehead atoms. The third kappa shape index (κ3) is 5.93. The van der Waals surface area contributed by atoms with Gasteiger partial charge >= 0.3 is 12.2 Å². The Hall–Kier alpha value is -1.94. The molecular formula is C14H20F3N5O2. The highest BCUT2D eigenvalue weighted by molar-refractivity contribution is 5.73. The Balaban J connectivity index is 1.75. The molecule has 134 valence electrons. The van der Waals surface area contributed by atoms with Gasteiger partial charge in [0.05, 0.1) is 12.7 Å². The van der Waals surface area contributed by atoms with Crippen LogP contribution in [0.15, 0.2) is 6.07 Å². The predicted octanol–water partition coefficient (Wildman–Crippen LogP) is 0.634. The number of rotatable bonds is 5. The zero-order chi connectivity index (χ0) is 17.6. The number of hydrogen-bond acceptors (Lipinski definition) is 5. The molecule has 0 saturated carbocycles. The zero-order valence-electron chi connectivity index (χ0n) is 13.2. The van der Waals surface area contributed by atoms with Crippen molar-refractivity contribution in [2.75, 3.05) is 32.8 Å². The molecule has 2 heterocycles. The summed E-state index contributed by atoms with van der Waals surface area (Å²) in [6.45, 7) is 4.02. The summed E-state index contributed by atoms with van der Waals surface area (Å²) in [6, 6.07) is 0.481. The van der Waals surface area contributed by atoms with Gasteiger partial charge in [0.25, 0.3) is 0 Å². The van der Waals surface area contributed by atoms with E-state index >= 15 is 0 Å². The second kappa shape index (κ2) is 8.25. The number of amides is 2. The summed E-state index contributed by atoms with van der Waals surface area (Å²) >= 11 is 0. The van der Waals surface area contributed by atoms with Gasteiger partial charge < -0.3 is 20.7 Å². The van der Waals surface area contributed by atoms with Gasteiger partial charge in [-0.2, -0.15) is 13.2 Å². The zero-order valence-corrected chi connectivity index (χ0v) is 13.2. The van der Waals surface area contributed by atoms with Gasteiger partial charge in [-0.05, 0) is 13.0 Å². The van der Waals surface area contributed by atoms with E-state index in [9.17, 15) is 18.0 Å². The second-order valence-corrected chi connectivity index (χ2v) is 5.39. The maximum Gasteiger partial charge on any atom is 0.433 e. The predicted molar refractivity (Wildman–Crippen MR) is 79.5 cm³/mol. The molecule has 0 aliphatic carbocycles. The average Bonchev–Trinajstić information content (AvgIpc) is 2.52. The molecule has 0 unspecified atom stereocenters. The van der Waals surface area contributed by atoms with Crippen molar-refractivity contribution >= 4 is 6.03 Å². The Morgan fingerprint density at radius 3 is 2.88 bits per heavy atom. The first-order valence-electron chi connectivity index (χ1n) is 7.60. The van der Waals surface area contributed by atoms with Gasteiger partial charge in [-0.3, -0.25) is 0 Å². The maximum atomic E-state index is 12.7. The van der Waals surface area contributed by atoms with E-state index in [4.69, 9.17) is 4.74 Å². The smallest absolute Gasteiger partial charge is 0.374 e. The standard InChI is InChI=1S/C14H20F3N5O2/c1-9-6-11(14(15,16)17)22-12(21-9)2-3-19-13(23)20-8-10-7-18-4-5-24-10/h6,10,18H,2-5,7-8H2,1H3,(H2,19,20,23)/t10-/m0/s1. The summed E-state index contributed by atoms with van der Waals surface area (Å²) in [7, 11) is 0. The van der Waals surface area contributed by atoms with Crippen LogP contribution in [0.1, 0.15) is 17.2 Å². The van der Waals surface area contributed by atoms with Crippen LogP contribution in [0.2, 0.25) is 0 Å². The minimum absolute atomic E-state index is 0.0439. The Kier molecular flexibility index (Phi) is 6.32. The molecule has 1 aliphatic rings. The van der Waals surface area contributed by atoms with Crippen LogP contribution < -0.4 is 16.0 Å². The van der Waals surface area contributed by atoms with E-state index in [1.807, 2.05) is 0 Å². The normalized spacial score (nSPS) is 18.2. The van der Waals surface area contributed by atoms with E-state index in [-0.39, 0.29) is 30.6 Å². The molecule has 1 saturated heterocycles. The van der Waals surface area contributed by atoms with Crippen LogP contribution in [0.5, 0.6) is 0 Å². The van der Waals surface area contributed by atoms with Crippen LogP contribution in [0.25, 0.3) is 0 Å². The van der Waals surface area contributed by atoms with Crippen molar-refractivity contribution in [3.05, 3.63) is 23.3 Å². The molecule has 0 aromatic carbocycles. The number of carbonyl (C=O) groups is 1. The van der Waals surface area contributed by atoms with Crippen molar-refractivity contribution in [1.82, 2.24) is 25.9 Å². The number of nitrogens with one attached hydrogen (secondary N) is 3. The molecule has 1 aliphatic heterocycles. The van der Waals surface area contributed by atoms with Crippen molar-refractivity contribution < 1.29 is 22.7 Å². The number of nitrogens with zero attached hydrogens (tertiary/aromatic N) is 2. The van der Waals surface area contributed by atoms with Crippen molar-refractivity contribution in [2.24, 2.45) is 0 Å². The lowest BCUT2D eigenvalue weighted by molar-refractivity contribution is -0.141. The number of aryl methyl sites for hydroxylation is 1. The molecule has 10 heteroatoms. The van der Waals surface area contributed by atoms with Crippen molar-refractivity contribution in [1.29, 1.82) is 0 Å². The number of carbonyl (C=O) groups excluding carboxylic acids is 1. The van der Waals surface area contributed by atoms with Crippen molar-refractivity contribution in [3.8, 4) is 0 Å². The van der Waals surface area contributed by atoms with E-state index < -0.39 is 17.9 Å². The van der Waals surface area contributed by atoms with E-state index in [2.05, 4.69) is 25.9 Å². The monoisotopic (exact) mass is 347 g/mol. The summed E-state index contributed by atoms with van der Waals surface area (Å²) in [5, 5.41) is 8.35. The number of alkyl halides is 3. The number of halogens is 3. The molecule has 1 aromatic rings. The van der Waals surface area contributed by atoms with Gasteiger partial charge in [-0.25, -0.2) is 14.8 Å². The summed E-state index contributed by atoms with van der Waals surface area (Å²) < 4.78 is 43.5. The van der Waals surface area contributed by atoms with Crippen LogP contribution in [0, 0.1) is 6.92 Å². The molecular weight excluding hydrogens is 327 g/mol. The van der Waals surface area contributed by atoms with Gasteiger partial charge in [-0.15, -0.1) is 0 Å². The largest absolute Gasteiger partial charge is 0.433 e. The number of hydrogen-bond donors (Lipinski definition) is 3. The Bertz CT molecular complexity index is 562. The van der Waals surface area contributed by atoms with Crippen LogP contribution in [0.4, 0.5) is 18.0 Å². The first kappa shape index (κ1) is 18.4. The number of aromatic nitrogens is 2. The minimum Gasteiger partial charge on any atom is -0.374 e. The Morgan fingerprint density at radius 1 is 1.42 bits per heavy atom. The minimum atomic E-state index is -4.51. The molecule has 1 fully saturated rings. The molecule has 3 N–H and O–H groups in total. The highest BCUT2D eigenvalue weighted by Gasteiger charge is 2.33. The second-order valence-electron chi connectivity index (χ2n) is 5.39. The summed E-state index contributed by atoms with van der Waals surface area (Å²) in [5.74, 6) is 0.0439. The molecule has 0 spiro atoms. The molecule has 2 amide bonds. The van der Waals surface area contributed by atoms with E-state index in [1.54, 1.807) is 0 Å². The van der Waals surface area contributed by atoms with Crippen LogP contribution in [-0.4, -0.2) is 54.9 Å².